The first-order valence-corrected chi connectivity index (χ1v) is 10.9. The number of benzene rings is 1. The number of hydrogen-bond acceptors (Lipinski definition) is 6. The first kappa shape index (κ1) is 22.8. The Hall–Kier alpha value is -2.87. The van der Waals surface area contributed by atoms with Gasteiger partial charge in [0.25, 0.3) is 0 Å². The molecule has 0 atom stereocenters. The number of nitrogen functional groups attached to an aromatic ring is 1. The number of aromatic nitrogens is 1. The molecule has 1 aliphatic carbocycles. The molecule has 1 amide bonds. The number of aryl methyl sites for hydroxylation is 1. The second-order valence-corrected chi connectivity index (χ2v) is 8.01. The van der Waals surface area contributed by atoms with E-state index in [2.05, 4.69) is 17.2 Å². The number of anilines is 1. The van der Waals surface area contributed by atoms with Crippen molar-refractivity contribution in [3.63, 3.8) is 0 Å². The van der Waals surface area contributed by atoms with Gasteiger partial charge in [-0.3, -0.25) is 9.78 Å². The van der Waals surface area contributed by atoms with Crippen LogP contribution in [0.1, 0.15) is 61.5 Å². The highest BCUT2D eigenvalue weighted by Gasteiger charge is 2.25. The molecule has 1 aromatic carbocycles. The number of carboxylic acid groups (broad SMARTS) is 1. The first-order valence-electron chi connectivity index (χ1n) is 10.9. The maximum Gasteiger partial charge on any atom is 0.339 e. The smallest absolute Gasteiger partial charge is 0.339 e. The predicted octanol–water partition coefficient (Wildman–Crippen LogP) is 3.45. The normalized spacial score (nSPS) is 18.6. The zero-order valence-corrected chi connectivity index (χ0v) is 18.1. The number of carbonyl (C=O) groups excluding carboxylic acids is 1. The van der Waals surface area contributed by atoms with Gasteiger partial charge < -0.3 is 25.6 Å². The number of nitrogens with zero attached hydrogens (tertiary/aromatic N) is 1. The molecule has 1 aromatic heterocycles. The monoisotopic (exact) mass is 429 g/mol. The fraction of sp³-hybridized carbons (Fsp3) is 0.522. The molecule has 0 saturated heterocycles. The Labute approximate surface area is 182 Å². The minimum Gasteiger partial charge on any atom is -0.490 e. The molecule has 4 N–H and O–H groups in total. The lowest BCUT2D eigenvalue weighted by molar-refractivity contribution is -0.126. The van der Waals surface area contributed by atoms with Gasteiger partial charge in [-0.15, -0.1) is 0 Å². The number of amides is 1. The molecule has 1 fully saturated rings. The lowest BCUT2D eigenvalue weighted by Crippen LogP contribution is -2.41. The van der Waals surface area contributed by atoms with E-state index in [9.17, 15) is 14.7 Å². The van der Waals surface area contributed by atoms with Crippen LogP contribution in [0.4, 0.5) is 5.69 Å². The topological polar surface area (TPSA) is 124 Å². The average molecular weight is 430 g/mol. The summed E-state index contributed by atoms with van der Waals surface area (Å²) in [5.41, 5.74) is 7.38. The van der Waals surface area contributed by atoms with Crippen LogP contribution in [0, 0.1) is 6.92 Å². The van der Waals surface area contributed by atoms with Crippen molar-refractivity contribution in [1.82, 2.24) is 10.3 Å². The standard InChI is InChI=1S/C23H31N3O5/c1-3-4-12-30-13-19(27)26-15-8-10-16(11-9-15)31-18-7-5-6-17-21(18)22(24)20(23(28)29)14(2)25-17/h5-7,15-16H,3-4,8-13H2,1-2H3,(H2,24,25)(H,26,27)(H,28,29)/t15-,16-. The van der Waals surface area contributed by atoms with Crippen molar-refractivity contribution in [3.05, 3.63) is 29.5 Å². The summed E-state index contributed by atoms with van der Waals surface area (Å²) in [5, 5.41) is 13.1. The summed E-state index contributed by atoms with van der Waals surface area (Å²) < 4.78 is 11.6. The van der Waals surface area contributed by atoms with Gasteiger partial charge in [0, 0.05) is 12.6 Å². The lowest BCUT2D eigenvalue weighted by Gasteiger charge is -2.30. The van der Waals surface area contributed by atoms with Gasteiger partial charge >= 0.3 is 5.97 Å². The number of carbonyl (C=O) groups is 2. The number of rotatable bonds is 9. The van der Waals surface area contributed by atoms with Gasteiger partial charge in [0.05, 0.1) is 28.4 Å². The number of ether oxygens (including phenoxy) is 2. The second-order valence-electron chi connectivity index (χ2n) is 8.01. The van der Waals surface area contributed by atoms with Crippen molar-refractivity contribution in [3.8, 4) is 5.75 Å². The molecule has 8 heteroatoms. The van der Waals surface area contributed by atoms with E-state index in [4.69, 9.17) is 15.2 Å². The van der Waals surface area contributed by atoms with E-state index in [1.807, 2.05) is 6.07 Å². The summed E-state index contributed by atoms with van der Waals surface area (Å²) in [5.74, 6) is -0.638. The number of pyridine rings is 1. The molecular formula is C23H31N3O5. The van der Waals surface area contributed by atoms with Crippen LogP contribution in [-0.4, -0.2) is 47.3 Å². The maximum atomic E-state index is 12.0. The lowest BCUT2D eigenvalue weighted by atomic mass is 9.93. The van der Waals surface area contributed by atoms with E-state index < -0.39 is 5.97 Å². The van der Waals surface area contributed by atoms with Crippen LogP contribution in [-0.2, 0) is 9.53 Å². The Morgan fingerprint density at radius 3 is 2.68 bits per heavy atom. The first-order chi connectivity index (χ1) is 14.9. The molecule has 3 rings (SSSR count). The summed E-state index contributed by atoms with van der Waals surface area (Å²) in [6.07, 6.45) is 5.14. The third-order valence-corrected chi connectivity index (χ3v) is 5.62. The van der Waals surface area contributed by atoms with Gasteiger partial charge in [-0.25, -0.2) is 4.79 Å². The van der Waals surface area contributed by atoms with Crippen LogP contribution in [0.2, 0.25) is 0 Å². The van der Waals surface area contributed by atoms with E-state index in [0.29, 0.717) is 29.0 Å². The molecule has 0 bridgehead atoms. The minimum absolute atomic E-state index is 0.0103. The van der Waals surface area contributed by atoms with Crippen molar-refractivity contribution in [2.45, 2.75) is 64.5 Å². The Morgan fingerprint density at radius 2 is 2.00 bits per heavy atom. The Kier molecular flexibility index (Phi) is 7.68. The molecule has 2 aromatic rings. The fourth-order valence-electron chi connectivity index (χ4n) is 3.99. The van der Waals surface area contributed by atoms with Crippen LogP contribution in [0.15, 0.2) is 18.2 Å². The molecule has 168 valence electrons. The van der Waals surface area contributed by atoms with E-state index in [1.165, 1.54) is 0 Å². The molecule has 0 unspecified atom stereocenters. The summed E-state index contributed by atoms with van der Waals surface area (Å²) in [7, 11) is 0. The van der Waals surface area contributed by atoms with Crippen molar-refractivity contribution in [2.24, 2.45) is 0 Å². The number of carboxylic acids is 1. The minimum atomic E-state index is -1.10. The van der Waals surface area contributed by atoms with E-state index in [1.54, 1.807) is 19.1 Å². The maximum absolute atomic E-state index is 12.0. The van der Waals surface area contributed by atoms with Crippen LogP contribution in [0.25, 0.3) is 10.9 Å². The average Bonchev–Trinajstić information content (AvgIpc) is 2.72. The number of nitrogens with one attached hydrogen (secondary N) is 1. The molecule has 1 heterocycles. The molecule has 0 spiro atoms. The molecule has 1 saturated carbocycles. The van der Waals surface area contributed by atoms with Gasteiger partial charge in [-0.1, -0.05) is 19.4 Å². The highest BCUT2D eigenvalue weighted by atomic mass is 16.5. The number of fused-ring (bicyclic) bond motifs is 1. The zero-order valence-electron chi connectivity index (χ0n) is 18.1. The van der Waals surface area contributed by atoms with Crippen LogP contribution in [0.3, 0.4) is 0 Å². The number of unbranched alkanes of at least 4 members (excludes halogenated alkanes) is 1. The van der Waals surface area contributed by atoms with Crippen LogP contribution >= 0.6 is 0 Å². The number of nitrogens with two attached hydrogens (primary N) is 1. The van der Waals surface area contributed by atoms with Gasteiger partial charge in [0.15, 0.2) is 0 Å². The van der Waals surface area contributed by atoms with Crippen LogP contribution < -0.4 is 15.8 Å². The van der Waals surface area contributed by atoms with Gasteiger partial charge in [-0.05, 0) is 51.2 Å². The Balaban J connectivity index is 1.61. The quantitative estimate of drug-likeness (QED) is 0.522. The summed E-state index contributed by atoms with van der Waals surface area (Å²) in [4.78, 5) is 28.0. The summed E-state index contributed by atoms with van der Waals surface area (Å²) >= 11 is 0. The molecule has 0 radical (unpaired) electrons. The van der Waals surface area contributed by atoms with Crippen molar-refractivity contribution in [1.29, 1.82) is 0 Å². The predicted molar refractivity (Wildman–Crippen MR) is 118 cm³/mol. The van der Waals surface area contributed by atoms with Gasteiger partial charge in [0.1, 0.15) is 17.9 Å². The molecular weight excluding hydrogens is 398 g/mol. The fourth-order valence-corrected chi connectivity index (χ4v) is 3.99. The third-order valence-electron chi connectivity index (χ3n) is 5.62. The summed E-state index contributed by atoms with van der Waals surface area (Å²) in [6.45, 7) is 4.43. The second kappa shape index (κ2) is 10.4. The third kappa shape index (κ3) is 5.64. The van der Waals surface area contributed by atoms with E-state index in [0.717, 1.165) is 38.5 Å². The molecule has 31 heavy (non-hydrogen) atoms. The zero-order chi connectivity index (χ0) is 22.4. The van der Waals surface area contributed by atoms with Crippen molar-refractivity contribution >= 4 is 28.5 Å². The molecule has 0 aliphatic heterocycles. The highest BCUT2D eigenvalue weighted by molar-refractivity contribution is 6.06. The number of aromatic carboxylic acids is 1. The van der Waals surface area contributed by atoms with Gasteiger partial charge in [-0.2, -0.15) is 0 Å². The SMILES string of the molecule is CCCCOCC(=O)N[C@H]1CC[C@H](Oc2cccc3nc(C)c(C(=O)O)c(N)c23)CC1. The van der Waals surface area contributed by atoms with Gasteiger partial charge in [0.2, 0.25) is 5.91 Å². The molecule has 8 nitrogen and oxygen atoms in total. The largest absolute Gasteiger partial charge is 0.490 e. The van der Waals surface area contributed by atoms with Crippen LogP contribution in [0.5, 0.6) is 5.75 Å². The van der Waals surface area contributed by atoms with Crippen molar-refractivity contribution < 1.29 is 24.2 Å². The van der Waals surface area contributed by atoms with E-state index >= 15 is 0 Å². The van der Waals surface area contributed by atoms with E-state index in [-0.39, 0.29) is 35.9 Å². The molecule has 1 aliphatic rings. The Morgan fingerprint density at radius 1 is 1.26 bits per heavy atom. The number of hydrogen-bond donors (Lipinski definition) is 3. The summed E-state index contributed by atoms with van der Waals surface area (Å²) in [6, 6.07) is 5.53. The Bertz CT molecular complexity index is 938. The highest BCUT2D eigenvalue weighted by Crippen LogP contribution is 2.35. The van der Waals surface area contributed by atoms with Crippen molar-refractivity contribution in [2.75, 3.05) is 18.9 Å².